The first-order valence-corrected chi connectivity index (χ1v) is 10.7. The van der Waals surface area contributed by atoms with Crippen LogP contribution in [0.1, 0.15) is 5.56 Å². The number of fused-ring (bicyclic) bond motifs is 4. The first-order chi connectivity index (χ1) is 14.7. The van der Waals surface area contributed by atoms with E-state index in [4.69, 9.17) is 9.07 Å². The molecule has 0 aliphatic carbocycles. The van der Waals surface area contributed by atoms with Crippen molar-refractivity contribution in [3.05, 3.63) is 88.9 Å². The number of hydrogen-bond donors (Lipinski definition) is 1. The summed E-state index contributed by atoms with van der Waals surface area (Å²) in [4.78, 5) is 0. The second-order valence-corrected chi connectivity index (χ2v) is 8.51. The molecule has 0 fully saturated rings. The molecular formula is C25H17BBrNO2. The number of aryl methyl sites for hydroxylation is 1. The second-order valence-electron chi connectivity index (χ2n) is 7.66. The highest BCUT2D eigenvalue weighted by molar-refractivity contribution is 9.10. The van der Waals surface area contributed by atoms with Crippen LogP contribution in [0.2, 0.25) is 0 Å². The fourth-order valence-corrected chi connectivity index (χ4v) is 4.72. The van der Waals surface area contributed by atoms with Crippen LogP contribution in [0.4, 0.5) is 5.69 Å². The molecule has 0 radical (unpaired) electrons. The van der Waals surface area contributed by atoms with Crippen LogP contribution in [-0.4, -0.2) is 7.05 Å². The SMILES string of the molecule is Cc1ccc(-c2ccccc2Br)c(B2Nc3cc4oc5ccccc5c4cc3O2)c1. The summed E-state index contributed by atoms with van der Waals surface area (Å²) < 4.78 is 13.5. The van der Waals surface area contributed by atoms with Crippen LogP contribution in [0.25, 0.3) is 33.1 Å². The van der Waals surface area contributed by atoms with Gasteiger partial charge in [-0.3, -0.25) is 0 Å². The largest absolute Gasteiger partial charge is 0.536 e. The minimum absolute atomic E-state index is 0.264. The van der Waals surface area contributed by atoms with Crippen molar-refractivity contribution in [3.8, 4) is 16.9 Å². The van der Waals surface area contributed by atoms with Gasteiger partial charge in [0.05, 0.1) is 5.69 Å². The minimum Gasteiger partial charge on any atom is -0.536 e. The number of halogens is 1. The molecule has 0 saturated carbocycles. The third-order valence-corrected chi connectivity index (χ3v) is 6.36. The monoisotopic (exact) mass is 453 g/mol. The molecule has 2 heterocycles. The van der Waals surface area contributed by atoms with E-state index in [0.717, 1.165) is 54.4 Å². The standard InChI is InChI=1S/C25H17BBrNO2/c1-15-10-11-16(17-6-2-4-8-21(17)27)20(12-15)26-28-22-14-24-19(13-25(22)30-26)18-7-3-5-9-23(18)29-24/h2-14,28H,1H3. The Labute approximate surface area is 182 Å². The Kier molecular flexibility index (Phi) is 3.93. The molecule has 0 atom stereocenters. The highest BCUT2D eigenvalue weighted by Crippen LogP contribution is 2.39. The highest BCUT2D eigenvalue weighted by Gasteiger charge is 2.33. The van der Waals surface area contributed by atoms with E-state index in [-0.39, 0.29) is 7.05 Å². The molecule has 0 saturated heterocycles. The molecular weight excluding hydrogens is 437 g/mol. The number of benzene rings is 4. The number of hydrogen-bond acceptors (Lipinski definition) is 3. The Morgan fingerprint density at radius 2 is 1.63 bits per heavy atom. The van der Waals surface area contributed by atoms with Crippen molar-refractivity contribution in [2.45, 2.75) is 6.92 Å². The lowest BCUT2D eigenvalue weighted by molar-refractivity contribution is 0.606. The van der Waals surface area contributed by atoms with Gasteiger partial charge in [-0.05, 0) is 41.7 Å². The number of furan rings is 1. The summed E-state index contributed by atoms with van der Waals surface area (Å²) in [6.07, 6.45) is 0. The minimum atomic E-state index is -0.264. The summed E-state index contributed by atoms with van der Waals surface area (Å²) in [5.74, 6) is 0.846. The Bertz CT molecular complexity index is 1440. The third-order valence-electron chi connectivity index (χ3n) is 5.66. The Morgan fingerprint density at radius 3 is 2.53 bits per heavy atom. The third kappa shape index (κ3) is 2.73. The van der Waals surface area contributed by atoms with Gasteiger partial charge in [0.1, 0.15) is 16.9 Å². The van der Waals surface area contributed by atoms with E-state index in [1.54, 1.807) is 0 Å². The maximum Gasteiger partial charge on any atom is 0.517 e. The molecule has 144 valence electrons. The summed E-state index contributed by atoms with van der Waals surface area (Å²) in [5, 5.41) is 5.72. The van der Waals surface area contributed by atoms with Crippen molar-refractivity contribution in [1.29, 1.82) is 0 Å². The Hall–Kier alpha value is -3.18. The lowest BCUT2D eigenvalue weighted by Gasteiger charge is -2.15. The van der Waals surface area contributed by atoms with Gasteiger partial charge in [-0.2, -0.15) is 0 Å². The van der Waals surface area contributed by atoms with E-state index in [0.29, 0.717) is 0 Å². The molecule has 0 bridgehead atoms. The smallest absolute Gasteiger partial charge is 0.517 e. The molecule has 5 heteroatoms. The first-order valence-electron chi connectivity index (χ1n) is 9.91. The molecule has 0 spiro atoms. The quantitative estimate of drug-likeness (QED) is 0.309. The molecule has 5 aromatic rings. The van der Waals surface area contributed by atoms with E-state index in [1.165, 1.54) is 5.56 Å². The van der Waals surface area contributed by atoms with Gasteiger partial charge in [-0.1, -0.05) is 76.1 Å². The fourth-order valence-electron chi connectivity index (χ4n) is 4.22. The van der Waals surface area contributed by atoms with E-state index in [2.05, 4.69) is 76.6 Å². The maximum absolute atomic E-state index is 6.41. The van der Waals surface area contributed by atoms with Crippen LogP contribution < -0.4 is 15.3 Å². The van der Waals surface area contributed by atoms with Gasteiger partial charge in [0.15, 0.2) is 0 Å². The van der Waals surface area contributed by atoms with Crippen LogP contribution >= 0.6 is 15.9 Å². The predicted octanol–water partition coefficient (Wildman–Crippen LogP) is 6.52. The lowest BCUT2D eigenvalue weighted by atomic mass is 9.70. The summed E-state index contributed by atoms with van der Waals surface area (Å²) in [6, 6.07) is 27.0. The lowest BCUT2D eigenvalue weighted by Crippen LogP contribution is -2.42. The highest BCUT2D eigenvalue weighted by atomic mass is 79.9. The first kappa shape index (κ1) is 17.7. The Morgan fingerprint density at radius 1 is 0.800 bits per heavy atom. The average Bonchev–Trinajstić information content (AvgIpc) is 3.33. The number of anilines is 1. The molecule has 3 nitrogen and oxygen atoms in total. The summed E-state index contributed by atoms with van der Waals surface area (Å²) in [5.41, 5.74) is 7.30. The zero-order valence-electron chi connectivity index (χ0n) is 16.3. The van der Waals surface area contributed by atoms with Gasteiger partial charge < -0.3 is 14.3 Å². The molecule has 0 unspecified atom stereocenters. The molecule has 30 heavy (non-hydrogen) atoms. The molecule has 0 amide bonds. The van der Waals surface area contributed by atoms with Gasteiger partial charge >= 0.3 is 7.05 Å². The fraction of sp³-hybridized carbons (Fsp3) is 0.0400. The molecule has 6 rings (SSSR count). The van der Waals surface area contributed by atoms with Gasteiger partial charge in [-0.25, -0.2) is 0 Å². The van der Waals surface area contributed by atoms with Gasteiger partial charge in [0.25, 0.3) is 0 Å². The second kappa shape index (κ2) is 6.68. The van der Waals surface area contributed by atoms with Crippen molar-refractivity contribution < 1.29 is 9.07 Å². The van der Waals surface area contributed by atoms with Crippen molar-refractivity contribution in [2.24, 2.45) is 0 Å². The van der Waals surface area contributed by atoms with Crippen molar-refractivity contribution in [3.63, 3.8) is 0 Å². The van der Waals surface area contributed by atoms with E-state index >= 15 is 0 Å². The number of nitrogens with one attached hydrogen (secondary N) is 1. The molecule has 1 aromatic heterocycles. The zero-order chi connectivity index (χ0) is 20.2. The normalized spacial score (nSPS) is 12.8. The maximum atomic E-state index is 6.41. The van der Waals surface area contributed by atoms with Gasteiger partial charge in [0, 0.05) is 21.3 Å². The van der Waals surface area contributed by atoms with Crippen LogP contribution in [0.15, 0.2) is 87.8 Å². The number of rotatable bonds is 2. The average molecular weight is 454 g/mol. The topological polar surface area (TPSA) is 34.4 Å². The predicted molar refractivity (Wildman–Crippen MR) is 128 cm³/mol. The Balaban J connectivity index is 1.46. The molecule has 1 aliphatic heterocycles. The summed E-state index contributed by atoms with van der Waals surface area (Å²) in [7, 11) is -0.264. The van der Waals surface area contributed by atoms with Crippen molar-refractivity contribution >= 4 is 56.1 Å². The van der Waals surface area contributed by atoms with Crippen LogP contribution in [0.3, 0.4) is 0 Å². The van der Waals surface area contributed by atoms with Crippen LogP contribution in [-0.2, 0) is 0 Å². The van der Waals surface area contributed by atoms with Crippen molar-refractivity contribution in [1.82, 2.24) is 0 Å². The van der Waals surface area contributed by atoms with Crippen LogP contribution in [0.5, 0.6) is 5.75 Å². The van der Waals surface area contributed by atoms with Crippen molar-refractivity contribution in [2.75, 3.05) is 5.23 Å². The molecule has 1 aliphatic rings. The van der Waals surface area contributed by atoms with E-state index in [9.17, 15) is 0 Å². The molecule has 1 N–H and O–H groups in total. The van der Waals surface area contributed by atoms with E-state index < -0.39 is 0 Å². The number of para-hydroxylation sites is 1. The zero-order valence-corrected chi connectivity index (χ0v) is 17.9. The summed E-state index contributed by atoms with van der Waals surface area (Å²) >= 11 is 3.70. The van der Waals surface area contributed by atoms with Gasteiger partial charge in [-0.15, -0.1) is 0 Å². The summed E-state index contributed by atoms with van der Waals surface area (Å²) in [6.45, 7) is 2.11. The molecule has 4 aromatic carbocycles. The van der Waals surface area contributed by atoms with Crippen LogP contribution in [0, 0.1) is 6.92 Å². The van der Waals surface area contributed by atoms with E-state index in [1.807, 2.05) is 30.3 Å². The van der Waals surface area contributed by atoms with Gasteiger partial charge in [0.2, 0.25) is 0 Å².